The zero-order valence-electron chi connectivity index (χ0n) is 10.1. The number of halogens is 1. The summed E-state index contributed by atoms with van der Waals surface area (Å²) in [5.74, 6) is -0.320. The second-order valence-corrected chi connectivity index (χ2v) is 4.62. The van der Waals surface area contributed by atoms with E-state index in [0.29, 0.717) is 21.3 Å². The van der Waals surface area contributed by atoms with Crippen LogP contribution in [0.25, 0.3) is 0 Å². The summed E-state index contributed by atoms with van der Waals surface area (Å²) >= 11 is 3.31. The van der Waals surface area contributed by atoms with Crippen LogP contribution in [-0.2, 0) is 0 Å². The number of hydrogen-bond acceptors (Lipinski definition) is 5. The number of oxime groups is 1. The van der Waals surface area contributed by atoms with Crippen molar-refractivity contribution in [3.05, 3.63) is 52.3 Å². The highest BCUT2D eigenvalue weighted by atomic mass is 79.9. The Bertz CT molecular complexity index is 660. The van der Waals surface area contributed by atoms with E-state index in [-0.39, 0.29) is 11.7 Å². The molecule has 1 aromatic carbocycles. The Hall–Kier alpha value is -2.48. The Morgan fingerprint density at radius 1 is 1.30 bits per heavy atom. The van der Waals surface area contributed by atoms with E-state index < -0.39 is 0 Å². The lowest BCUT2D eigenvalue weighted by molar-refractivity contribution is 0.102. The third-order valence-corrected chi connectivity index (χ3v) is 3.12. The van der Waals surface area contributed by atoms with Gasteiger partial charge in [0.2, 0.25) is 0 Å². The lowest BCUT2D eigenvalue weighted by Gasteiger charge is -2.08. The quantitative estimate of drug-likeness (QED) is 0.341. The smallest absolute Gasteiger partial charge is 0.257 e. The highest BCUT2D eigenvalue weighted by Gasteiger charge is 2.10. The molecule has 2 rings (SSSR count). The summed E-state index contributed by atoms with van der Waals surface area (Å²) in [6.07, 6.45) is 2.81. The van der Waals surface area contributed by atoms with Crippen LogP contribution in [-0.4, -0.2) is 27.1 Å². The van der Waals surface area contributed by atoms with Crippen molar-refractivity contribution in [2.24, 2.45) is 10.9 Å². The van der Waals surface area contributed by atoms with E-state index in [2.05, 4.69) is 36.6 Å². The number of anilines is 1. The number of benzene rings is 1. The first-order valence-electron chi connectivity index (χ1n) is 5.47. The van der Waals surface area contributed by atoms with E-state index in [1.165, 1.54) is 12.4 Å². The summed E-state index contributed by atoms with van der Waals surface area (Å²) in [4.78, 5) is 12.0. The monoisotopic (exact) mass is 335 g/mol. The van der Waals surface area contributed by atoms with Crippen molar-refractivity contribution >= 4 is 33.4 Å². The summed E-state index contributed by atoms with van der Waals surface area (Å²) in [6, 6.07) is 6.46. The number of rotatable bonds is 3. The van der Waals surface area contributed by atoms with Crippen LogP contribution in [0.5, 0.6) is 0 Å². The van der Waals surface area contributed by atoms with Gasteiger partial charge in [-0.2, -0.15) is 10.2 Å². The molecule has 0 aliphatic carbocycles. The summed E-state index contributed by atoms with van der Waals surface area (Å²) in [5, 5.41) is 21.5. The van der Waals surface area contributed by atoms with Crippen LogP contribution in [0.1, 0.15) is 15.9 Å². The third-order valence-electron chi connectivity index (χ3n) is 2.47. The van der Waals surface area contributed by atoms with Gasteiger partial charge in [-0.1, -0.05) is 5.16 Å². The summed E-state index contributed by atoms with van der Waals surface area (Å²) in [6.45, 7) is 0. The van der Waals surface area contributed by atoms with E-state index in [0.717, 1.165) is 0 Å². The van der Waals surface area contributed by atoms with Crippen LogP contribution < -0.4 is 11.1 Å². The van der Waals surface area contributed by atoms with Crippen LogP contribution in [0, 0.1) is 0 Å². The number of carbonyl (C=O) groups excluding carboxylic acids is 1. The Labute approximate surface area is 122 Å². The molecule has 20 heavy (non-hydrogen) atoms. The molecular formula is C12H10BrN5O2. The normalized spacial score (nSPS) is 11.2. The van der Waals surface area contributed by atoms with Crippen molar-refractivity contribution in [2.45, 2.75) is 0 Å². The number of amides is 1. The predicted molar refractivity (Wildman–Crippen MR) is 76.6 cm³/mol. The number of nitrogens with one attached hydrogen (secondary N) is 1. The van der Waals surface area contributed by atoms with Crippen LogP contribution >= 0.6 is 15.9 Å². The zero-order valence-corrected chi connectivity index (χ0v) is 11.7. The first kappa shape index (κ1) is 13.9. The number of amidine groups is 1. The molecule has 0 radical (unpaired) electrons. The molecular weight excluding hydrogens is 326 g/mol. The van der Waals surface area contributed by atoms with Crippen LogP contribution in [0.15, 0.2) is 46.3 Å². The Balaban J connectivity index is 2.21. The Morgan fingerprint density at radius 2 is 2.10 bits per heavy atom. The van der Waals surface area contributed by atoms with E-state index in [4.69, 9.17) is 10.9 Å². The topological polar surface area (TPSA) is 113 Å². The maximum atomic E-state index is 12.0. The minimum atomic E-state index is -0.308. The summed E-state index contributed by atoms with van der Waals surface area (Å²) in [5.41, 5.74) is 6.97. The van der Waals surface area contributed by atoms with Crippen molar-refractivity contribution < 1.29 is 10.0 Å². The fraction of sp³-hybridized carbons (Fsp3) is 0. The molecule has 0 spiro atoms. The minimum absolute atomic E-state index is 0.0121. The molecule has 0 unspecified atom stereocenters. The Morgan fingerprint density at radius 3 is 2.70 bits per heavy atom. The largest absolute Gasteiger partial charge is 0.409 e. The SMILES string of the molecule is N/C(=N/O)c1ccc(NC(=O)c2ccnnc2)c(Br)c1. The van der Waals surface area contributed by atoms with Crippen molar-refractivity contribution in [2.75, 3.05) is 5.32 Å². The number of hydrogen-bond donors (Lipinski definition) is 3. The van der Waals surface area contributed by atoms with E-state index in [9.17, 15) is 4.79 Å². The molecule has 102 valence electrons. The van der Waals surface area contributed by atoms with Crippen LogP contribution in [0.3, 0.4) is 0 Å². The number of aromatic nitrogens is 2. The molecule has 0 fully saturated rings. The second kappa shape index (κ2) is 6.11. The summed E-state index contributed by atoms with van der Waals surface area (Å²) in [7, 11) is 0. The van der Waals surface area contributed by atoms with Crippen LogP contribution in [0.4, 0.5) is 5.69 Å². The van der Waals surface area contributed by atoms with Crippen molar-refractivity contribution in [3.63, 3.8) is 0 Å². The molecule has 1 heterocycles. The maximum absolute atomic E-state index is 12.0. The van der Waals surface area contributed by atoms with Gasteiger partial charge in [-0.3, -0.25) is 4.79 Å². The predicted octanol–water partition coefficient (Wildman–Crippen LogP) is 1.59. The molecule has 7 nitrogen and oxygen atoms in total. The number of nitrogens with two attached hydrogens (primary N) is 1. The molecule has 4 N–H and O–H groups in total. The Kier molecular flexibility index (Phi) is 4.26. The second-order valence-electron chi connectivity index (χ2n) is 3.77. The van der Waals surface area contributed by atoms with E-state index in [1.807, 2.05) is 0 Å². The zero-order chi connectivity index (χ0) is 14.5. The van der Waals surface area contributed by atoms with E-state index in [1.54, 1.807) is 24.3 Å². The van der Waals surface area contributed by atoms with Gasteiger partial charge in [-0.15, -0.1) is 0 Å². The first-order valence-corrected chi connectivity index (χ1v) is 6.26. The standard InChI is InChI=1S/C12H10BrN5O2/c13-9-5-7(11(14)18-20)1-2-10(9)17-12(19)8-3-4-15-16-6-8/h1-6,20H,(H2,14,18)(H,17,19). The van der Waals surface area contributed by atoms with Crippen LogP contribution in [0.2, 0.25) is 0 Å². The highest BCUT2D eigenvalue weighted by molar-refractivity contribution is 9.10. The average Bonchev–Trinajstić information content (AvgIpc) is 2.49. The molecule has 8 heteroatoms. The van der Waals surface area contributed by atoms with Gasteiger partial charge in [0.25, 0.3) is 5.91 Å². The molecule has 0 saturated heterocycles. The van der Waals surface area contributed by atoms with Gasteiger partial charge in [0.1, 0.15) is 0 Å². The van der Waals surface area contributed by atoms with Gasteiger partial charge in [0.15, 0.2) is 5.84 Å². The molecule has 0 atom stereocenters. The maximum Gasteiger partial charge on any atom is 0.257 e. The van der Waals surface area contributed by atoms with Gasteiger partial charge in [-0.25, -0.2) is 0 Å². The molecule has 1 aromatic heterocycles. The molecule has 1 amide bonds. The molecule has 0 aliphatic rings. The van der Waals surface area contributed by atoms with Gasteiger partial charge < -0.3 is 16.3 Å². The lowest BCUT2D eigenvalue weighted by atomic mass is 10.2. The average molecular weight is 336 g/mol. The highest BCUT2D eigenvalue weighted by Crippen LogP contribution is 2.24. The fourth-order valence-electron chi connectivity index (χ4n) is 1.45. The minimum Gasteiger partial charge on any atom is -0.409 e. The van der Waals surface area contributed by atoms with Crippen molar-refractivity contribution in [1.29, 1.82) is 0 Å². The van der Waals surface area contributed by atoms with E-state index >= 15 is 0 Å². The van der Waals surface area contributed by atoms with Crippen molar-refractivity contribution in [3.8, 4) is 0 Å². The van der Waals surface area contributed by atoms with Gasteiger partial charge in [0, 0.05) is 10.0 Å². The third kappa shape index (κ3) is 3.09. The lowest BCUT2D eigenvalue weighted by Crippen LogP contribution is -2.15. The van der Waals surface area contributed by atoms with Gasteiger partial charge >= 0.3 is 0 Å². The number of nitrogens with zero attached hydrogens (tertiary/aromatic N) is 3. The fourth-order valence-corrected chi connectivity index (χ4v) is 1.93. The first-order chi connectivity index (χ1) is 9.61. The summed E-state index contributed by atoms with van der Waals surface area (Å²) < 4.78 is 0.608. The molecule has 0 bridgehead atoms. The molecule has 0 saturated carbocycles. The number of carbonyl (C=O) groups is 1. The van der Waals surface area contributed by atoms with Gasteiger partial charge in [0.05, 0.1) is 23.6 Å². The molecule has 2 aromatic rings. The van der Waals surface area contributed by atoms with Gasteiger partial charge in [-0.05, 0) is 40.2 Å². The van der Waals surface area contributed by atoms with Crippen molar-refractivity contribution in [1.82, 2.24) is 10.2 Å². The molecule has 0 aliphatic heterocycles.